The van der Waals surface area contributed by atoms with Crippen molar-refractivity contribution in [3.63, 3.8) is 0 Å². The van der Waals surface area contributed by atoms with Crippen LogP contribution in [0.5, 0.6) is 0 Å². The van der Waals surface area contributed by atoms with Crippen LogP contribution in [-0.2, 0) is 19.3 Å². The molecule has 2 aromatic carbocycles. The minimum Gasteiger partial charge on any atom is -0.310 e. The molecule has 2 heteroatoms. The average Bonchev–Trinajstić information content (AvgIpc) is 2.96. The van der Waals surface area contributed by atoms with Gasteiger partial charge in [0.05, 0.1) is 0 Å². The fraction of sp³-hybridized carbons (Fsp3) is 0.368. The number of aryl methyl sites for hydroxylation is 2. The molecule has 1 aliphatic carbocycles. The molecule has 0 amide bonds. The zero-order chi connectivity index (χ0) is 14.7. The number of hydrogen-bond acceptors (Lipinski definition) is 1. The van der Waals surface area contributed by atoms with Crippen LogP contribution < -0.4 is 5.32 Å². The van der Waals surface area contributed by atoms with Crippen molar-refractivity contribution >= 4 is 11.6 Å². The van der Waals surface area contributed by atoms with E-state index in [1.165, 1.54) is 41.5 Å². The van der Waals surface area contributed by atoms with Gasteiger partial charge in [-0.25, -0.2) is 0 Å². The molecule has 0 aromatic heterocycles. The molecule has 0 aliphatic heterocycles. The van der Waals surface area contributed by atoms with E-state index in [1.807, 2.05) is 12.1 Å². The van der Waals surface area contributed by atoms with E-state index in [0.717, 1.165) is 18.0 Å². The van der Waals surface area contributed by atoms with Crippen molar-refractivity contribution in [2.75, 3.05) is 6.54 Å². The summed E-state index contributed by atoms with van der Waals surface area (Å²) in [7, 11) is 0. The molecule has 0 bridgehead atoms. The second-order valence-electron chi connectivity index (χ2n) is 5.79. The highest BCUT2D eigenvalue weighted by Gasteiger charge is 2.16. The molecular weight excluding hydrogens is 278 g/mol. The number of halogens is 1. The van der Waals surface area contributed by atoms with Crippen LogP contribution in [-0.4, -0.2) is 6.54 Å². The predicted octanol–water partition coefficient (Wildman–Crippen LogP) is 4.72. The Hall–Kier alpha value is -1.31. The fourth-order valence-electron chi connectivity index (χ4n) is 3.25. The van der Waals surface area contributed by atoms with E-state index < -0.39 is 0 Å². The molecule has 1 unspecified atom stereocenters. The lowest BCUT2D eigenvalue weighted by Crippen LogP contribution is -2.23. The minimum atomic E-state index is 0.334. The highest BCUT2D eigenvalue weighted by atomic mass is 35.5. The molecule has 0 saturated heterocycles. The Morgan fingerprint density at radius 1 is 1.10 bits per heavy atom. The van der Waals surface area contributed by atoms with Crippen LogP contribution in [0, 0.1) is 0 Å². The fourth-order valence-corrected chi connectivity index (χ4v) is 3.46. The first-order chi connectivity index (χ1) is 10.3. The molecule has 1 aliphatic rings. The Balaban J connectivity index is 1.86. The summed E-state index contributed by atoms with van der Waals surface area (Å²) in [5.41, 5.74) is 5.67. The standard InChI is InChI=1S/C19H22ClN/c1-2-21-19(13-16-6-3-4-9-18(16)20)17-11-10-14-7-5-8-15(14)12-17/h3-4,6,9-12,19,21H,2,5,7-8,13H2,1H3. The molecule has 21 heavy (non-hydrogen) atoms. The van der Waals surface area contributed by atoms with Crippen molar-refractivity contribution in [3.8, 4) is 0 Å². The monoisotopic (exact) mass is 299 g/mol. The van der Waals surface area contributed by atoms with Crippen molar-refractivity contribution < 1.29 is 0 Å². The average molecular weight is 300 g/mol. The van der Waals surface area contributed by atoms with Gasteiger partial charge in [0.25, 0.3) is 0 Å². The second kappa shape index (κ2) is 6.64. The van der Waals surface area contributed by atoms with Gasteiger partial charge in [-0.15, -0.1) is 0 Å². The zero-order valence-corrected chi connectivity index (χ0v) is 13.3. The third-order valence-corrected chi connectivity index (χ3v) is 4.73. The van der Waals surface area contributed by atoms with Gasteiger partial charge in [0.1, 0.15) is 0 Å². The molecule has 0 heterocycles. The van der Waals surface area contributed by atoms with Gasteiger partial charge in [-0.2, -0.15) is 0 Å². The van der Waals surface area contributed by atoms with Crippen LogP contribution in [0.4, 0.5) is 0 Å². The highest BCUT2D eigenvalue weighted by molar-refractivity contribution is 6.31. The minimum absolute atomic E-state index is 0.334. The maximum Gasteiger partial charge on any atom is 0.0438 e. The van der Waals surface area contributed by atoms with Crippen LogP contribution in [0.15, 0.2) is 42.5 Å². The molecule has 3 rings (SSSR count). The van der Waals surface area contributed by atoms with Crippen LogP contribution >= 0.6 is 11.6 Å². The van der Waals surface area contributed by atoms with Gasteiger partial charge < -0.3 is 5.32 Å². The second-order valence-corrected chi connectivity index (χ2v) is 6.19. The number of hydrogen-bond donors (Lipinski definition) is 1. The summed E-state index contributed by atoms with van der Waals surface area (Å²) in [4.78, 5) is 0. The lowest BCUT2D eigenvalue weighted by atomic mass is 9.96. The maximum absolute atomic E-state index is 6.32. The summed E-state index contributed by atoms with van der Waals surface area (Å²) in [6, 6.07) is 15.5. The number of nitrogens with one attached hydrogen (secondary N) is 1. The number of likely N-dealkylation sites (N-methyl/N-ethyl adjacent to an activating group) is 1. The topological polar surface area (TPSA) is 12.0 Å². The van der Waals surface area contributed by atoms with Crippen molar-refractivity contribution in [2.24, 2.45) is 0 Å². The van der Waals surface area contributed by atoms with E-state index in [0.29, 0.717) is 6.04 Å². The van der Waals surface area contributed by atoms with E-state index in [1.54, 1.807) is 0 Å². The predicted molar refractivity (Wildman–Crippen MR) is 90.0 cm³/mol. The normalized spacial score (nSPS) is 15.0. The summed E-state index contributed by atoms with van der Waals surface area (Å²) in [5.74, 6) is 0. The van der Waals surface area contributed by atoms with E-state index >= 15 is 0 Å². The summed E-state index contributed by atoms with van der Waals surface area (Å²) < 4.78 is 0. The molecule has 0 fully saturated rings. The molecule has 1 nitrogen and oxygen atoms in total. The van der Waals surface area contributed by atoms with Gasteiger partial charge in [-0.3, -0.25) is 0 Å². The molecule has 0 radical (unpaired) electrons. The summed E-state index contributed by atoms with van der Waals surface area (Å²) in [6.45, 7) is 3.12. The SMILES string of the molecule is CCNC(Cc1ccccc1Cl)c1ccc2c(c1)CCC2. The number of benzene rings is 2. The van der Waals surface area contributed by atoms with Crippen molar-refractivity contribution in [2.45, 2.75) is 38.6 Å². The Kier molecular flexibility index (Phi) is 4.62. The third-order valence-electron chi connectivity index (χ3n) is 4.36. The maximum atomic E-state index is 6.32. The molecule has 110 valence electrons. The molecule has 0 spiro atoms. The molecule has 1 N–H and O–H groups in total. The van der Waals surface area contributed by atoms with Gasteiger partial charge in [-0.1, -0.05) is 54.9 Å². The van der Waals surface area contributed by atoms with Gasteiger partial charge in [0, 0.05) is 11.1 Å². The van der Waals surface area contributed by atoms with Crippen molar-refractivity contribution in [1.82, 2.24) is 5.32 Å². The summed E-state index contributed by atoms with van der Waals surface area (Å²) in [6.07, 6.45) is 4.71. The van der Waals surface area contributed by atoms with E-state index in [4.69, 9.17) is 11.6 Å². The first-order valence-electron chi connectivity index (χ1n) is 7.86. The largest absolute Gasteiger partial charge is 0.310 e. The Labute approximate surface area is 132 Å². The number of fused-ring (bicyclic) bond motifs is 1. The Morgan fingerprint density at radius 3 is 2.71 bits per heavy atom. The first kappa shape index (κ1) is 14.6. The van der Waals surface area contributed by atoms with Gasteiger partial charge in [0.15, 0.2) is 0 Å². The smallest absolute Gasteiger partial charge is 0.0438 e. The quantitative estimate of drug-likeness (QED) is 0.842. The summed E-state index contributed by atoms with van der Waals surface area (Å²) in [5, 5.41) is 4.47. The highest BCUT2D eigenvalue weighted by Crippen LogP contribution is 2.28. The van der Waals surface area contributed by atoms with Gasteiger partial charge >= 0.3 is 0 Å². The Morgan fingerprint density at radius 2 is 1.90 bits per heavy atom. The van der Waals surface area contributed by atoms with E-state index in [2.05, 4.69) is 42.6 Å². The first-order valence-corrected chi connectivity index (χ1v) is 8.24. The van der Waals surface area contributed by atoms with Crippen LogP contribution in [0.3, 0.4) is 0 Å². The lowest BCUT2D eigenvalue weighted by molar-refractivity contribution is 0.549. The van der Waals surface area contributed by atoms with E-state index in [9.17, 15) is 0 Å². The lowest BCUT2D eigenvalue weighted by Gasteiger charge is -2.20. The van der Waals surface area contributed by atoms with Crippen LogP contribution in [0.2, 0.25) is 5.02 Å². The van der Waals surface area contributed by atoms with Gasteiger partial charge in [-0.05, 0) is 60.5 Å². The van der Waals surface area contributed by atoms with Crippen molar-refractivity contribution in [3.05, 3.63) is 69.7 Å². The van der Waals surface area contributed by atoms with Crippen molar-refractivity contribution in [1.29, 1.82) is 0 Å². The van der Waals surface area contributed by atoms with E-state index in [-0.39, 0.29) is 0 Å². The Bertz CT molecular complexity index is 621. The third kappa shape index (κ3) is 3.30. The van der Waals surface area contributed by atoms with Gasteiger partial charge in [0.2, 0.25) is 0 Å². The molecule has 1 atom stereocenters. The molecular formula is C19H22ClN. The summed E-state index contributed by atoms with van der Waals surface area (Å²) >= 11 is 6.32. The zero-order valence-electron chi connectivity index (χ0n) is 12.5. The van der Waals surface area contributed by atoms with Crippen LogP contribution in [0.25, 0.3) is 0 Å². The molecule has 0 saturated carbocycles. The molecule has 2 aromatic rings. The number of rotatable bonds is 5. The van der Waals surface area contributed by atoms with Crippen LogP contribution in [0.1, 0.15) is 41.6 Å².